The molecule has 0 fully saturated rings. The van der Waals surface area contributed by atoms with E-state index in [1.54, 1.807) is 0 Å². The number of benzene rings is 1. The van der Waals surface area contributed by atoms with Crippen LogP contribution in [0.3, 0.4) is 0 Å². The average molecular weight is 255 g/mol. The zero-order valence-electron chi connectivity index (χ0n) is 9.34. The molecule has 0 saturated carbocycles. The summed E-state index contributed by atoms with van der Waals surface area (Å²) in [5, 5.41) is 10.9. The monoisotopic (exact) mass is 255 g/mol. The Morgan fingerprint density at radius 3 is 2.61 bits per heavy atom. The molecule has 0 aromatic heterocycles. The smallest absolute Gasteiger partial charge is 0.326 e. The Kier molecular flexibility index (Phi) is 4.32. The van der Waals surface area contributed by atoms with Gasteiger partial charge >= 0.3 is 6.18 Å². The second-order valence-corrected chi connectivity index (χ2v) is 3.52. The van der Waals surface area contributed by atoms with E-state index >= 15 is 0 Å². The van der Waals surface area contributed by atoms with Crippen LogP contribution in [-0.2, 0) is 11.0 Å². The van der Waals surface area contributed by atoms with Crippen LogP contribution in [0.15, 0.2) is 18.2 Å². The van der Waals surface area contributed by atoms with E-state index in [-0.39, 0.29) is 12.1 Å². The highest BCUT2D eigenvalue weighted by atomic mass is 19.4. The molecule has 1 rings (SSSR count). The summed E-state index contributed by atoms with van der Waals surface area (Å²) in [6.45, 7) is 3.47. The summed E-state index contributed by atoms with van der Waals surface area (Å²) in [4.78, 5) is 11.2. The number of amides is 1. The highest BCUT2D eigenvalue weighted by Crippen LogP contribution is 2.33. The fourth-order valence-corrected chi connectivity index (χ4v) is 1.34. The van der Waals surface area contributed by atoms with Crippen LogP contribution in [0.25, 0.3) is 0 Å². The largest absolute Gasteiger partial charge is 0.417 e. The highest BCUT2D eigenvalue weighted by molar-refractivity contribution is 5.90. The van der Waals surface area contributed by atoms with Gasteiger partial charge in [0.25, 0.3) is 0 Å². The topological polar surface area (TPSA) is 52.9 Å². The number of nitrogens with zero attached hydrogens (tertiary/aromatic N) is 1. The first-order valence-corrected chi connectivity index (χ1v) is 5.09. The number of rotatable bonds is 3. The molecule has 0 bridgehead atoms. The Morgan fingerprint density at radius 1 is 1.44 bits per heavy atom. The van der Waals surface area contributed by atoms with Crippen LogP contribution >= 0.6 is 0 Å². The minimum absolute atomic E-state index is 0.0137. The summed E-state index contributed by atoms with van der Waals surface area (Å²) in [5.41, 5.74) is -1.52. The van der Waals surface area contributed by atoms with Crippen molar-refractivity contribution in [1.29, 1.82) is 5.26 Å². The lowest BCUT2D eigenvalue weighted by Crippen LogP contribution is -2.13. The number of halogens is 3. The van der Waals surface area contributed by atoms with Crippen LogP contribution in [0.2, 0.25) is 0 Å². The van der Waals surface area contributed by atoms with Crippen LogP contribution in [-0.4, -0.2) is 5.91 Å². The molecule has 18 heavy (non-hydrogen) atoms. The Bertz CT molecular complexity index is 489. The minimum Gasteiger partial charge on any atom is -0.326 e. The number of hydrogen-bond acceptors (Lipinski definition) is 2. The Morgan fingerprint density at radius 2 is 2.11 bits per heavy atom. The number of anilines is 1. The Balaban J connectivity index is 3.05. The second-order valence-electron chi connectivity index (χ2n) is 3.52. The van der Waals surface area contributed by atoms with Crippen molar-refractivity contribution in [1.82, 2.24) is 0 Å². The molecule has 0 spiro atoms. The second kappa shape index (κ2) is 5.54. The highest BCUT2D eigenvalue weighted by Gasteiger charge is 2.33. The third-order valence-electron chi connectivity index (χ3n) is 2.13. The molecule has 0 aliphatic rings. The van der Waals surface area contributed by atoms with E-state index in [0.29, 0.717) is 6.42 Å². The number of alkyl halides is 3. The average Bonchev–Trinajstić information content (AvgIpc) is 2.28. The quantitative estimate of drug-likeness (QED) is 0.902. The van der Waals surface area contributed by atoms with Crippen molar-refractivity contribution in [2.45, 2.75) is 19.0 Å². The zero-order valence-corrected chi connectivity index (χ0v) is 9.34. The maximum Gasteiger partial charge on any atom is 0.417 e. The molecule has 0 unspecified atom stereocenters. The van der Waals surface area contributed by atoms with Crippen LogP contribution in [0.1, 0.15) is 24.0 Å². The number of nitriles is 1. The summed E-state index contributed by atoms with van der Waals surface area (Å²) < 4.78 is 37.9. The molecule has 0 saturated heterocycles. The lowest BCUT2D eigenvalue weighted by Gasteiger charge is -2.11. The van der Waals surface area contributed by atoms with E-state index < -0.39 is 23.2 Å². The molecular weight excluding hydrogens is 245 g/mol. The molecule has 95 valence electrons. The van der Waals surface area contributed by atoms with Crippen molar-refractivity contribution in [3.63, 3.8) is 0 Å². The SMILES string of the molecule is [CH2]CCC(=O)Nc1ccc(C#N)c(C(F)(F)F)c1. The van der Waals surface area contributed by atoms with Gasteiger partial charge in [0.05, 0.1) is 17.2 Å². The standard InChI is InChI=1S/C12H10F3N2O/c1-2-3-11(18)17-9-5-4-8(7-16)10(6-9)12(13,14)15/h4-6H,1-3H2,(H,17,18). The fraction of sp³-hybridized carbons (Fsp3) is 0.250. The summed E-state index contributed by atoms with van der Waals surface area (Å²) in [7, 11) is 0. The summed E-state index contributed by atoms with van der Waals surface area (Å²) in [5.74, 6) is -0.414. The predicted molar refractivity (Wildman–Crippen MR) is 59.4 cm³/mol. The molecule has 1 radical (unpaired) electrons. The number of hydrogen-bond donors (Lipinski definition) is 1. The normalized spacial score (nSPS) is 10.8. The molecule has 6 heteroatoms. The zero-order chi connectivity index (χ0) is 13.8. The van der Waals surface area contributed by atoms with Gasteiger partial charge in [-0.2, -0.15) is 18.4 Å². The Hall–Kier alpha value is -2.03. The maximum absolute atomic E-state index is 12.6. The van der Waals surface area contributed by atoms with Gasteiger partial charge in [0.15, 0.2) is 0 Å². The van der Waals surface area contributed by atoms with Crippen molar-refractivity contribution in [3.8, 4) is 6.07 Å². The summed E-state index contributed by atoms with van der Waals surface area (Å²) in [6, 6.07) is 4.50. The van der Waals surface area contributed by atoms with Crippen molar-refractivity contribution < 1.29 is 18.0 Å². The van der Waals surface area contributed by atoms with Crippen LogP contribution in [0.4, 0.5) is 18.9 Å². The van der Waals surface area contributed by atoms with Crippen LogP contribution in [0, 0.1) is 18.3 Å². The first kappa shape index (κ1) is 14.0. The van der Waals surface area contributed by atoms with E-state index in [1.165, 1.54) is 12.1 Å². The van der Waals surface area contributed by atoms with E-state index in [2.05, 4.69) is 12.2 Å². The van der Waals surface area contributed by atoms with Gasteiger partial charge in [-0.3, -0.25) is 4.79 Å². The van der Waals surface area contributed by atoms with Gasteiger partial charge in [-0.05, 0) is 24.6 Å². The summed E-state index contributed by atoms with van der Waals surface area (Å²) >= 11 is 0. The van der Waals surface area contributed by atoms with Gasteiger partial charge in [-0.1, -0.05) is 6.92 Å². The van der Waals surface area contributed by atoms with E-state index in [1.807, 2.05) is 0 Å². The fourth-order valence-electron chi connectivity index (χ4n) is 1.34. The van der Waals surface area contributed by atoms with Crippen molar-refractivity contribution in [2.24, 2.45) is 0 Å². The van der Waals surface area contributed by atoms with Gasteiger partial charge in [0, 0.05) is 12.1 Å². The third kappa shape index (κ3) is 3.48. The van der Waals surface area contributed by atoms with Crippen molar-refractivity contribution in [2.75, 3.05) is 5.32 Å². The third-order valence-corrected chi connectivity index (χ3v) is 2.13. The maximum atomic E-state index is 12.6. The number of carbonyl (C=O) groups is 1. The van der Waals surface area contributed by atoms with Crippen LogP contribution in [0.5, 0.6) is 0 Å². The molecule has 1 aromatic carbocycles. The molecule has 0 atom stereocenters. The Labute approximate surface area is 102 Å². The molecule has 1 amide bonds. The van der Waals surface area contributed by atoms with Crippen LogP contribution < -0.4 is 5.32 Å². The summed E-state index contributed by atoms with van der Waals surface area (Å²) in [6.07, 6.45) is -4.15. The molecule has 0 aliphatic heterocycles. The first-order chi connectivity index (χ1) is 8.38. The lowest BCUT2D eigenvalue weighted by atomic mass is 10.1. The van der Waals surface area contributed by atoms with Crippen molar-refractivity contribution >= 4 is 11.6 Å². The first-order valence-electron chi connectivity index (χ1n) is 5.09. The number of nitrogens with one attached hydrogen (secondary N) is 1. The van der Waals surface area contributed by atoms with E-state index in [0.717, 1.165) is 12.1 Å². The van der Waals surface area contributed by atoms with Gasteiger partial charge in [0.1, 0.15) is 0 Å². The lowest BCUT2D eigenvalue weighted by molar-refractivity contribution is -0.137. The minimum atomic E-state index is -4.63. The van der Waals surface area contributed by atoms with Crippen molar-refractivity contribution in [3.05, 3.63) is 36.2 Å². The van der Waals surface area contributed by atoms with Gasteiger partial charge in [-0.15, -0.1) is 0 Å². The molecular formula is C12H10F3N2O. The molecule has 0 heterocycles. The predicted octanol–water partition coefficient (Wildman–Crippen LogP) is 3.13. The van der Waals surface area contributed by atoms with Gasteiger partial charge < -0.3 is 5.32 Å². The van der Waals surface area contributed by atoms with Gasteiger partial charge in [0.2, 0.25) is 5.91 Å². The van der Waals surface area contributed by atoms with Gasteiger partial charge in [-0.25, -0.2) is 0 Å². The molecule has 0 aliphatic carbocycles. The molecule has 1 N–H and O–H groups in total. The van der Waals surface area contributed by atoms with E-state index in [9.17, 15) is 18.0 Å². The molecule has 3 nitrogen and oxygen atoms in total. The van der Waals surface area contributed by atoms with E-state index in [4.69, 9.17) is 5.26 Å². The number of carbonyl (C=O) groups excluding carboxylic acids is 1. The molecule has 1 aromatic rings.